The number of fused-ring (bicyclic) bond motifs is 1. The van der Waals surface area contributed by atoms with Crippen LogP contribution in [0.5, 0.6) is 5.75 Å². The van der Waals surface area contributed by atoms with Gasteiger partial charge in [0.1, 0.15) is 18.2 Å². The Bertz CT molecular complexity index is 1100. The van der Waals surface area contributed by atoms with E-state index in [0.29, 0.717) is 12.2 Å². The van der Waals surface area contributed by atoms with E-state index in [4.69, 9.17) is 10.00 Å². The molecule has 4 heteroatoms. The molecule has 0 radical (unpaired) electrons. The Kier molecular flexibility index (Phi) is 4.12. The normalized spacial score (nSPS) is 10.6. The second-order valence-electron chi connectivity index (χ2n) is 6.19. The van der Waals surface area contributed by atoms with E-state index in [1.54, 1.807) is 6.07 Å². The van der Waals surface area contributed by atoms with Gasteiger partial charge in [-0.1, -0.05) is 24.3 Å². The molecule has 4 aromatic rings. The van der Waals surface area contributed by atoms with Gasteiger partial charge in [0.25, 0.3) is 0 Å². The maximum atomic E-state index is 9.14. The Morgan fingerprint density at radius 3 is 2.65 bits per heavy atom. The van der Waals surface area contributed by atoms with Crippen LogP contribution >= 0.6 is 0 Å². The van der Waals surface area contributed by atoms with Crippen molar-refractivity contribution in [2.24, 2.45) is 0 Å². The first-order valence-electron chi connectivity index (χ1n) is 8.40. The van der Waals surface area contributed by atoms with Gasteiger partial charge in [-0.05, 0) is 55.0 Å². The Labute approximate surface area is 151 Å². The van der Waals surface area contributed by atoms with Crippen LogP contribution < -0.4 is 4.74 Å². The maximum Gasteiger partial charge on any atom is 0.138 e. The van der Waals surface area contributed by atoms with Gasteiger partial charge in [-0.3, -0.25) is 0 Å². The summed E-state index contributed by atoms with van der Waals surface area (Å²) in [6.45, 7) is 2.43. The Morgan fingerprint density at radius 2 is 1.85 bits per heavy atom. The molecule has 4 nitrogen and oxygen atoms in total. The fraction of sp³-hybridized carbons (Fsp3) is 0.0909. The lowest BCUT2D eigenvalue weighted by Crippen LogP contribution is -1.98. The molecular formula is C22H17N3O. The van der Waals surface area contributed by atoms with Crippen molar-refractivity contribution in [3.05, 3.63) is 83.4 Å². The first kappa shape index (κ1) is 15.9. The van der Waals surface area contributed by atoms with E-state index in [0.717, 1.165) is 33.7 Å². The first-order valence-corrected chi connectivity index (χ1v) is 8.40. The number of aryl methyl sites for hydroxylation is 1. The lowest BCUT2D eigenvalue weighted by molar-refractivity contribution is 0.306. The molecule has 0 aliphatic rings. The zero-order valence-corrected chi connectivity index (χ0v) is 14.4. The average Bonchev–Trinajstić information content (AvgIpc) is 3.10. The van der Waals surface area contributed by atoms with Crippen LogP contribution in [-0.2, 0) is 6.61 Å². The van der Waals surface area contributed by atoms with Crippen LogP contribution in [0.15, 0.2) is 66.7 Å². The maximum absolute atomic E-state index is 9.14. The number of benzene rings is 3. The summed E-state index contributed by atoms with van der Waals surface area (Å²) < 4.78 is 5.82. The highest BCUT2D eigenvalue weighted by Gasteiger charge is 2.06. The number of nitrogens with one attached hydrogen (secondary N) is 1. The van der Waals surface area contributed by atoms with Gasteiger partial charge in [-0.15, -0.1) is 0 Å². The number of hydrogen-bond acceptors (Lipinski definition) is 3. The van der Waals surface area contributed by atoms with Crippen molar-refractivity contribution in [2.75, 3.05) is 0 Å². The molecule has 0 fully saturated rings. The monoisotopic (exact) mass is 339 g/mol. The summed E-state index contributed by atoms with van der Waals surface area (Å²) in [5, 5.41) is 9.14. The number of rotatable bonds is 4. The molecule has 0 aliphatic heterocycles. The molecule has 0 atom stereocenters. The largest absolute Gasteiger partial charge is 0.489 e. The van der Waals surface area contributed by atoms with Crippen LogP contribution in [0.4, 0.5) is 0 Å². The van der Waals surface area contributed by atoms with Gasteiger partial charge in [0, 0.05) is 11.1 Å². The fourth-order valence-corrected chi connectivity index (χ4v) is 2.89. The van der Waals surface area contributed by atoms with Crippen molar-refractivity contribution in [1.29, 1.82) is 5.26 Å². The van der Waals surface area contributed by atoms with Crippen molar-refractivity contribution in [3.63, 3.8) is 0 Å². The van der Waals surface area contributed by atoms with Gasteiger partial charge in [0.05, 0.1) is 22.7 Å². The zero-order valence-electron chi connectivity index (χ0n) is 14.4. The van der Waals surface area contributed by atoms with Gasteiger partial charge < -0.3 is 9.72 Å². The number of nitriles is 1. The summed E-state index contributed by atoms with van der Waals surface area (Å²) in [5.41, 5.74) is 5.72. The molecule has 0 bridgehead atoms. The van der Waals surface area contributed by atoms with Crippen LogP contribution in [0.1, 0.15) is 16.7 Å². The van der Waals surface area contributed by atoms with E-state index in [9.17, 15) is 0 Å². The summed E-state index contributed by atoms with van der Waals surface area (Å²) in [7, 11) is 0. The highest BCUT2D eigenvalue weighted by molar-refractivity contribution is 5.80. The quantitative estimate of drug-likeness (QED) is 0.570. The number of nitrogens with zero attached hydrogens (tertiary/aromatic N) is 2. The first-order chi connectivity index (χ1) is 12.7. The predicted molar refractivity (Wildman–Crippen MR) is 102 cm³/mol. The molecule has 0 unspecified atom stereocenters. The standard InChI is InChI=1S/C22H17N3O/c1-15-6-11-20-21(12-15)25-22(24-20)16-7-9-19(10-8-16)26-14-18-5-3-2-4-17(18)13-23/h2-12H,14H2,1H3,(H,24,25). The molecule has 26 heavy (non-hydrogen) atoms. The van der Waals surface area contributed by atoms with E-state index >= 15 is 0 Å². The topological polar surface area (TPSA) is 61.7 Å². The summed E-state index contributed by atoms with van der Waals surface area (Å²) in [6, 6.07) is 23.6. The van der Waals surface area contributed by atoms with Gasteiger partial charge >= 0.3 is 0 Å². The number of H-pyrrole nitrogens is 1. The average molecular weight is 339 g/mol. The second-order valence-corrected chi connectivity index (χ2v) is 6.19. The van der Waals surface area contributed by atoms with Crippen molar-refractivity contribution < 1.29 is 4.74 Å². The summed E-state index contributed by atoms with van der Waals surface area (Å²) in [6.07, 6.45) is 0. The summed E-state index contributed by atoms with van der Waals surface area (Å²) in [4.78, 5) is 7.99. The van der Waals surface area contributed by atoms with Crippen molar-refractivity contribution in [1.82, 2.24) is 9.97 Å². The Hall–Kier alpha value is -3.58. The number of aromatic amines is 1. The molecule has 0 saturated carbocycles. The highest BCUT2D eigenvalue weighted by atomic mass is 16.5. The van der Waals surface area contributed by atoms with E-state index in [2.05, 4.69) is 35.1 Å². The van der Waals surface area contributed by atoms with Gasteiger partial charge in [-0.25, -0.2) is 4.98 Å². The van der Waals surface area contributed by atoms with E-state index in [1.165, 1.54) is 5.56 Å². The number of hydrogen-bond donors (Lipinski definition) is 1. The lowest BCUT2D eigenvalue weighted by atomic mass is 10.1. The molecule has 0 aliphatic carbocycles. The van der Waals surface area contributed by atoms with E-state index < -0.39 is 0 Å². The zero-order chi connectivity index (χ0) is 17.9. The smallest absolute Gasteiger partial charge is 0.138 e. The fourth-order valence-electron chi connectivity index (χ4n) is 2.89. The molecule has 1 aromatic heterocycles. The third-order valence-corrected chi connectivity index (χ3v) is 4.30. The molecule has 0 spiro atoms. The van der Waals surface area contributed by atoms with E-state index in [-0.39, 0.29) is 0 Å². The molecule has 3 aromatic carbocycles. The number of imidazole rings is 1. The molecule has 1 heterocycles. The second kappa shape index (κ2) is 6.73. The van der Waals surface area contributed by atoms with Crippen molar-refractivity contribution in [2.45, 2.75) is 13.5 Å². The molecular weight excluding hydrogens is 322 g/mol. The molecule has 126 valence electrons. The molecule has 0 saturated heterocycles. The summed E-state index contributed by atoms with van der Waals surface area (Å²) in [5.74, 6) is 1.60. The van der Waals surface area contributed by atoms with E-state index in [1.807, 2.05) is 48.5 Å². The van der Waals surface area contributed by atoms with Crippen LogP contribution in [0.3, 0.4) is 0 Å². The predicted octanol–water partition coefficient (Wildman–Crippen LogP) is 4.99. The molecule has 4 rings (SSSR count). The third kappa shape index (κ3) is 3.15. The lowest BCUT2D eigenvalue weighted by Gasteiger charge is -2.08. The van der Waals surface area contributed by atoms with Crippen LogP contribution in [-0.4, -0.2) is 9.97 Å². The van der Waals surface area contributed by atoms with Gasteiger partial charge in [0.15, 0.2) is 0 Å². The minimum Gasteiger partial charge on any atom is -0.489 e. The third-order valence-electron chi connectivity index (χ3n) is 4.30. The molecule has 0 amide bonds. The van der Waals surface area contributed by atoms with Gasteiger partial charge in [0.2, 0.25) is 0 Å². The minimum atomic E-state index is 0.368. The van der Waals surface area contributed by atoms with Crippen LogP contribution in [0, 0.1) is 18.3 Å². The number of aromatic nitrogens is 2. The van der Waals surface area contributed by atoms with Crippen molar-refractivity contribution in [3.8, 4) is 23.2 Å². The summed E-state index contributed by atoms with van der Waals surface area (Å²) >= 11 is 0. The minimum absolute atomic E-state index is 0.368. The van der Waals surface area contributed by atoms with Crippen LogP contribution in [0.25, 0.3) is 22.4 Å². The van der Waals surface area contributed by atoms with Crippen LogP contribution in [0.2, 0.25) is 0 Å². The SMILES string of the molecule is Cc1ccc2nc(-c3ccc(OCc4ccccc4C#N)cc3)[nH]c2c1. The number of ether oxygens (including phenoxy) is 1. The molecule has 1 N–H and O–H groups in total. The Morgan fingerprint density at radius 1 is 1.04 bits per heavy atom. The van der Waals surface area contributed by atoms with Crippen molar-refractivity contribution >= 4 is 11.0 Å². The van der Waals surface area contributed by atoms with Gasteiger partial charge in [-0.2, -0.15) is 5.26 Å². The highest BCUT2D eigenvalue weighted by Crippen LogP contribution is 2.24. The Balaban J connectivity index is 1.52.